The Bertz CT molecular complexity index is 764. The van der Waals surface area contributed by atoms with Gasteiger partial charge in [-0.1, -0.05) is 0 Å². The Morgan fingerprint density at radius 1 is 1.76 bits per heavy atom. The van der Waals surface area contributed by atoms with Crippen LogP contribution in [0, 0.1) is 6.85 Å². The molecule has 1 aromatic heterocycles. The Morgan fingerprint density at radius 3 is 3.10 bits per heavy atom. The monoisotopic (exact) mass is 325 g/mol. The van der Waals surface area contributed by atoms with Gasteiger partial charge in [-0.2, -0.15) is 4.98 Å². The van der Waals surface area contributed by atoms with Gasteiger partial charge in [0.15, 0.2) is 0 Å². The lowest BCUT2D eigenvalue weighted by molar-refractivity contribution is -0.0450. The van der Waals surface area contributed by atoms with Crippen molar-refractivity contribution in [2.24, 2.45) is 0 Å². The number of aliphatic hydroxyl groups is 1. The van der Waals surface area contributed by atoms with E-state index in [1.807, 2.05) is 0 Å². The van der Waals surface area contributed by atoms with Gasteiger partial charge in [-0.05, 0) is 6.85 Å². The molecule has 21 heavy (non-hydrogen) atoms. The zero-order valence-electron chi connectivity index (χ0n) is 14.5. The molecule has 1 saturated heterocycles. The van der Waals surface area contributed by atoms with E-state index < -0.39 is 63.0 Å². The highest BCUT2D eigenvalue weighted by Gasteiger charge is 2.37. The Morgan fingerprint density at radius 2 is 2.48 bits per heavy atom. The van der Waals surface area contributed by atoms with E-state index in [-0.39, 0.29) is 6.42 Å². The second kappa shape index (κ2) is 5.84. The van der Waals surface area contributed by atoms with Gasteiger partial charge in [0.05, 0.1) is 14.1 Å². The summed E-state index contributed by atoms with van der Waals surface area (Å²) in [6.45, 7) is -3.47. The Balaban J connectivity index is 2.34. The predicted octanol–water partition coefficient (Wildman–Crippen LogP) is -1.11. The lowest BCUT2D eigenvalue weighted by Gasteiger charge is -2.16. The molecule has 0 spiro atoms. The molecular weight excluding hydrogens is 305 g/mol. The van der Waals surface area contributed by atoms with Gasteiger partial charge in [0.1, 0.15) is 18.1 Å². The summed E-state index contributed by atoms with van der Waals surface area (Å²) in [6.07, 6.45) is -4.72. The van der Waals surface area contributed by atoms with Gasteiger partial charge >= 0.3 is 13.5 Å². The van der Waals surface area contributed by atoms with E-state index in [1.165, 1.54) is 0 Å². The van der Waals surface area contributed by atoms with Crippen LogP contribution in [0.3, 0.4) is 0 Å². The largest absolute Gasteiger partial charge is 0.469 e. The minimum absolute atomic E-state index is 0.243. The molecule has 1 aromatic rings. The molecule has 1 aliphatic rings. The first kappa shape index (κ1) is 11.3. The lowest BCUT2D eigenvalue weighted by atomic mass is 10.2. The van der Waals surface area contributed by atoms with Crippen molar-refractivity contribution in [3.05, 3.63) is 22.2 Å². The summed E-state index contributed by atoms with van der Waals surface area (Å²) in [5, 5.41) is 9.89. The highest BCUT2D eigenvalue weighted by Crippen LogP contribution is 2.38. The van der Waals surface area contributed by atoms with Gasteiger partial charge in [0.2, 0.25) is 0 Å². The standard InChI is InChI=1S/C10H16N3O7P/c1-5-3-13(10(15)12-9(5)11)8-2-6(14)7(20-8)4-19-21(16,17)18/h3,6-8,14H,2,4H2,1H3,(H2,11,12,15)(H2,16,17,18)/t6-,7+,8+/m0/s1/i1D3,3D. The van der Waals surface area contributed by atoms with E-state index in [4.69, 9.17) is 25.7 Å². The van der Waals surface area contributed by atoms with E-state index in [0.717, 1.165) is 0 Å². The maximum absolute atomic E-state index is 12.0. The zero-order chi connectivity index (χ0) is 19.2. The van der Waals surface area contributed by atoms with Crippen molar-refractivity contribution in [2.45, 2.75) is 31.7 Å². The number of aromatic nitrogens is 2. The molecule has 1 aliphatic heterocycles. The number of rotatable bonds is 4. The highest BCUT2D eigenvalue weighted by atomic mass is 31.2. The number of aliphatic hydroxyl groups excluding tert-OH is 1. The van der Waals surface area contributed by atoms with E-state index in [9.17, 15) is 14.5 Å². The number of nitrogens with zero attached hydrogens (tertiary/aromatic N) is 2. The Hall–Kier alpha value is -1.29. The normalized spacial score (nSPS) is 29.6. The molecule has 1 fully saturated rings. The summed E-state index contributed by atoms with van der Waals surface area (Å²) >= 11 is 0. The maximum atomic E-state index is 12.0. The number of ether oxygens (including phenoxy) is 1. The number of anilines is 1. The molecule has 0 amide bonds. The topological polar surface area (TPSA) is 157 Å². The number of phosphoric ester groups is 1. The van der Waals surface area contributed by atoms with Crippen LogP contribution in [0.1, 0.15) is 23.7 Å². The van der Waals surface area contributed by atoms with Crippen molar-refractivity contribution in [1.82, 2.24) is 9.55 Å². The molecule has 0 radical (unpaired) electrons. The molecule has 0 aliphatic carbocycles. The Labute approximate surface area is 125 Å². The molecule has 0 unspecified atom stereocenters. The first-order valence-electron chi connectivity index (χ1n) is 7.74. The van der Waals surface area contributed by atoms with Crippen molar-refractivity contribution < 1.29 is 34.2 Å². The smallest absolute Gasteiger partial charge is 0.390 e. The summed E-state index contributed by atoms with van der Waals surface area (Å²) < 4.78 is 51.0. The number of hydrogen-bond acceptors (Lipinski definition) is 7. The Kier molecular flexibility index (Phi) is 3.14. The van der Waals surface area contributed by atoms with Crippen molar-refractivity contribution in [3.63, 3.8) is 0 Å². The van der Waals surface area contributed by atoms with Gasteiger partial charge in [0.25, 0.3) is 0 Å². The number of phosphoric acid groups is 1. The number of hydrogen-bond donors (Lipinski definition) is 4. The summed E-state index contributed by atoms with van der Waals surface area (Å²) in [7, 11) is -4.79. The highest BCUT2D eigenvalue weighted by molar-refractivity contribution is 7.46. The SMILES string of the molecule is [2H]c1c(C([2H])([2H])[2H])c(N)nc(=O)n1[C@H]1C[C@H](O)[C@@H](COP(=O)(O)O)O1. The van der Waals surface area contributed by atoms with Crippen molar-refractivity contribution in [2.75, 3.05) is 12.3 Å². The van der Waals surface area contributed by atoms with Gasteiger partial charge in [-0.25, -0.2) is 9.36 Å². The van der Waals surface area contributed by atoms with Crippen molar-refractivity contribution in [3.8, 4) is 0 Å². The maximum Gasteiger partial charge on any atom is 0.469 e. The third-order valence-electron chi connectivity index (χ3n) is 2.81. The van der Waals surface area contributed by atoms with Crippen LogP contribution in [0.4, 0.5) is 5.82 Å². The lowest BCUT2D eigenvalue weighted by Crippen LogP contribution is -2.29. The average Bonchev–Trinajstić information content (AvgIpc) is 2.74. The number of nitrogens with two attached hydrogens (primary N) is 1. The van der Waals surface area contributed by atoms with Crippen LogP contribution in [0.5, 0.6) is 0 Å². The molecule has 0 bridgehead atoms. The number of nitrogen functional groups attached to an aromatic ring is 1. The first-order chi connectivity index (χ1) is 11.3. The molecular formula is C10H16N3O7P. The van der Waals surface area contributed by atoms with Crippen LogP contribution in [-0.4, -0.2) is 43.3 Å². The minimum atomic E-state index is -4.79. The molecule has 5 N–H and O–H groups in total. The molecule has 0 aromatic carbocycles. The van der Waals surface area contributed by atoms with Gasteiger partial charge in [-0.3, -0.25) is 9.09 Å². The van der Waals surface area contributed by atoms with E-state index in [1.54, 1.807) is 0 Å². The van der Waals surface area contributed by atoms with Crippen LogP contribution >= 0.6 is 7.82 Å². The van der Waals surface area contributed by atoms with Gasteiger partial charge < -0.3 is 25.4 Å². The average molecular weight is 325 g/mol. The molecule has 11 heteroatoms. The third-order valence-corrected chi connectivity index (χ3v) is 3.30. The summed E-state index contributed by atoms with van der Waals surface area (Å²) in [6, 6.07) is 0. The molecule has 3 atom stereocenters. The van der Waals surface area contributed by atoms with Gasteiger partial charge in [0, 0.05) is 22.3 Å². The van der Waals surface area contributed by atoms with Crippen molar-refractivity contribution in [1.29, 1.82) is 0 Å². The van der Waals surface area contributed by atoms with E-state index >= 15 is 0 Å². The second-order valence-corrected chi connectivity index (χ2v) is 5.59. The minimum Gasteiger partial charge on any atom is -0.390 e. The summed E-state index contributed by atoms with van der Waals surface area (Å²) in [5.41, 5.74) is 3.73. The predicted molar refractivity (Wildman–Crippen MR) is 70.2 cm³/mol. The van der Waals surface area contributed by atoms with Gasteiger partial charge in [-0.15, -0.1) is 0 Å². The quantitative estimate of drug-likeness (QED) is 0.504. The fraction of sp³-hybridized carbons (Fsp3) is 0.600. The fourth-order valence-electron chi connectivity index (χ4n) is 1.83. The second-order valence-electron chi connectivity index (χ2n) is 4.36. The van der Waals surface area contributed by atoms with E-state index in [0.29, 0.717) is 4.57 Å². The molecule has 118 valence electrons. The molecule has 2 heterocycles. The summed E-state index contributed by atoms with van der Waals surface area (Å²) in [4.78, 5) is 32.7. The molecule has 10 nitrogen and oxygen atoms in total. The molecule has 0 saturated carbocycles. The fourth-order valence-corrected chi connectivity index (χ4v) is 2.17. The van der Waals surface area contributed by atoms with Crippen LogP contribution in [0.25, 0.3) is 0 Å². The first-order valence-corrected chi connectivity index (χ1v) is 7.27. The van der Waals surface area contributed by atoms with E-state index in [2.05, 4.69) is 9.51 Å². The summed E-state index contributed by atoms with van der Waals surface area (Å²) in [5.74, 6) is -0.605. The van der Waals surface area contributed by atoms with Crippen molar-refractivity contribution >= 4 is 13.6 Å². The van der Waals surface area contributed by atoms with Crippen LogP contribution in [-0.2, 0) is 13.8 Å². The third kappa shape index (κ3) is 3.88. The van der Waals surface area contributed by atoms with Crippen LogP contribution in [0.2, 0.25) is 0 Å². The van der Waals surface area contributed by atoms with Crippen LogP contribution < -0.4 is 11.4 Å². The zero-order valence-corrected chi connectivity index (χ0v) is 11.4. The van der Waals surface area contributed by atoms with Crippen LogP contribution in [0.15, 0.2) is 11.0 Å². The molecule has 2 rings (SSSR count).